The van der Waals surface area contributed by atoms with Crippen molar-refractivity contribution in [2.24, 2.45) is 0 Å². The molecule has 1 aromatic heterocycles. The van der Waals surface area contributed by atoms with Gasteiger partial charge in [0.2, 0.25) is 5.78 Å². The van der Waals surface area contributed by atoms with E-state index in [1.807, 2.05) is 6.92 Å². The predicted octanol–water partition coefficient (Wildman–Crippen LogP) is 2.48. The Morgan fingerprint density at radius 3 is 2.89 bits per heavy atom. The lowest BCUT2D eigenvalue weighted by Crippen LogP contribution is -2.05. The summed E-state index contributed by atoms with van der Waals surface area (Å²) in [5, 5.41) is 3.85. The first-order valence-corrected chi connectivity index (χ1v) is 6.14. The molecule has 0 aliphatic carbocycles. The zero-order valence-corrected chi connectivity index (χ0v) is 10.8. The summed E-state index contributed by atoms with van der Waals surface area (Å²) in [5.74, 6) is -0.612. The number of benzene rings is 1. The molecule has 0 saturated heterocycles. The van der Waals surface area contributed by atoms with E-state index < -0.39 is 5.82 Å². The van der Waals surface area contributed by atoms with Crippen LogP contribution >= 0.6 is 11.5 Å². The van der Waals surface area contributed by atoms with Gasteiger partial charge in [-0.2, -0.15) is 0 Å². The van der Waals surface area contributed by atoms with Gasteiger partial charge in [-0.3, -0.25) is 4.79 Å². The summed E-state index contributed by atoms with van der Waals surface area (Å²) in [6.45, 7) is 1.87. The molecule has 6 heteroatoms. The fourth-order valence-corrected chi connectivity index (χ4v) is 2.25. The molecule has 18 heavy (non-hydrogen) atoms. The van der Waals surface area contributed by atoms with Crippen LogP contribution in [0.3, 0.4) is 0 Å². The lowest BCUT2D eigenvalue weighted by Gasteiger charge is -2.04. The fourth-order valence-electron chi connectivity index (χ4n) is 1.54. The number of aryl methyl sites for hydroxylation is 1. The molecule has 0 N–H and O–H groups in total. The van der Waals surface area contributed by atoms with Crippen LogP contribution in [-0.2, 0) is 6.42 Å². The van der Waals surface area contributed by atoms with Crippen molar-refractivity contribution >= 4 is 17.3 Å². The zero-order valence-electron chi connectivity index (χ0n) is 9.94. The van der Waals surface area contributed by atoms with Gasteiger partial charge in [-0.1, -0.05) is 11.4 Å². The Morgan fingerprint density at radius 1 is 1.50 bits per heavy atom. The molecule has 0 bridgehead atoms. The van der Waals surface area contributed by atoms with Gasteiger partial charge in [-0.15, -0.1) is 5.10 Å². The zero-order chi connectivity index (χ0) is 13.1. The highest BCUT2D eigenvalue weighted by atomic mass is 32.1. The second-order valence-electron chi connectivity index (χ2n) is 3.58. The van der Waals surface area contributed by atoms with Gasteiger partial charge in [-0.05, 0) is 30.1 Å². The van der Waals surface area contributed by atoms with Crippen LogP contribution in [-0.4, -0.2) is 22.5 Å². The topological polar surface area (TPSA) is 52.1 Å². The molecule has 0 spiro atoms. The molecule has 4 nitrogen and oxygen atoms in total. The minimum Gasteiger partial charge on any atom is -0.497 e. The largest absolute Gasteiger partial charge is 0.497 e. The van der Waals surface area contributed by atoms with E-state index in [4.69, 9.17) is 4.74 Å². The van der Waals surface area contributed by atoms with Gasteiger partial charge < -0.3 is 4.74 Å². The van der Waals surface area contributed by atoms with E-state index in [9.17, 15) is 9.18 Å². The summed E-state index contributed by atoms with van der Waals surface area (Å²) in [4.78, 5) is 12.5. The molecule has 2 rings (SSSR count). The molecule has 94 valence electrons. The smallest absolute Gasteiger partial charge is 0.209 e. The van der Waals surface area contributed by atoms with E-state index in [0.29, 0.717) is 22.7 Å². The number of ketones is 1. The van der Waals surface area contributed by atoms with Crippen LogP contribution in [0.4, 0.5) is 4.39 Å². The lowest BCUT2D eigenvalue weighted by atomic mass is 10.1. The van der Waals surface area contributed by atoms with Crippen molar-refractivity contribution in [3.63, 3.8) is 0 Å². The summed E-state index contributed by atoms with van der Waals surface area (Å²) in [6.07, 6.45) is 0.593. The highest BCUT2D eigenvalue weighted by Gasteiger charge is 2.20. The molecule has 0 aliphatic rings. The van der Waals surface area contributed by atoms with Gasteiger partial charge in [-0.25, -0.2) is 4.39 Å². The van der Waals surface area contributed by atoms with E-state index in [0.717, 1.165) is 11.5 Å². The third-order valence-electron chi connectivity index (χ3n) is 2.52. The van der Waals surface area contributed by atoms with Crippen molar-refractivity contribution in [1.29, 1.82) is 0 Å². The van der Waals surface area contributed by atoms with Crippen molar-refractivity contribution in [2.75, 3.05) is 7.11 Å². The van der Waals surface area contributed by atoms with Crippen LogP contribution in [0, 0.1) is 5.82 Å². The van der Waals surface area contributed by atoms with E-state index >= 15 is 0 Å². The monoisotopic (exact) mass is 266 g/mol. The average Bonchev–Trinajstić information content (AvgIpc) is 2.86. The fraction of sp³-hybridized carbons (Fsp3) is 0.250. The summed E-state index contributed by atoms with van der Waals surface area (Å²) in [6, 6.07) is 4.15. The predicted molar refractivity (Wildman–Crippen MR) is 65.7 cm³/mol. The van der Waals surface area contributed by atoms with Crippen molar-refractivity contribution < 1.29 is 13.9 Å². The van der Waals surface area contributed by atoms with Gasteiger partial charge in [0, 0.05) is 6.07 Å². The van der Waals surface area contributed by atoms with Crippen LogP contribution in [0.15, 0.2) is 18.2 Å². The summed E-state index contributed by atoms with van der Waals surface area (Å²) in [5.41, 5.74) is 0.608. The third kappa shape index (κ3) is 2.24. The molecule has 0 saturated carbocycles. The average molecular weight is 266 g/mol. The summed E-state index contributed by atoms with van der Waals surface area (Å²) in [7, 11) is 1.44. The molecule has 0 fully saturated rings. The molecule has 0 aliphatic heterocycles. The Bertz CT molecular complexity index is 583. The summed E-state index contributed by atoms with van der Waals surface area (Å²) >= 11 is 0.987. The first kappa shape index (κ1) is 12.6. The van der Waals surface area contributed by atoms with E-state index in [1.165, 1.54) is 19.2 Å². The van der Waals surface area contributed by atoms with Crippen LogP contribution in [0.1, 0.15) is 27.9 Å². The van der Waals surface area contributed by atoms with Crippen LogP contribution in [0.25, 0.3) is 0 Å². The summed E-state index contributed by atoms with van der Waals surface area (Å²) < 4.78 is 22.4. The van der Waals surface area contributed by atoms with Crippen molar-refractivity contribution in [3.05, 3.63) is 40.2 Å². The molecule has 0 radical (unpaired) electrons. The number of nitrogens with zero attached hydrogens (tertiary/aromatic N) is 2. The Hall–Kier alpha value is -1.82. The van der Waals surface area contributed by atoms with E-state index in [1.54, 1.807) is 6.07 Å². The number of methoxy groups -OCH3 is 1. The maximum atomic E-state index is 13.8. The molecular weight excluding hydrogens is 255 g/mol. The Morgan fingerprint density at radius 2 is 2.28 bits per heavy atom. The third-order valence-corrected chi connectivity index (χ3v) is 3.28. The van der Waals surface area contributed by atoms with E-state index in [-0.39, 0.29) is 11.3 Å². The maximum Gasteiger partial charge on any atom is 0.209 e. The normalized spacial score (nSPS) is 10.4. The number of carbonyl (C=O) groups excluding carboxylic acids is 1. The minimum absolute atomic E-state index is 0.0107. The van der Waals surface area contributed by atoms with Crippen LogP contribution in [0.5, 0.6) is 5.75 Å². The maximum absolute atomic E-state index is 13.8. The number of hydrogen-bond acceptors (Lipinski definition) is 5. The quantitative estimate of drug-likeness (QED) is 0.798. The molecule has 1 aromatic carbocycles. The van der Waals surface area contributed by atoms with Gasteiger partial charge >= 0.3 is 0 Å². The van der Waals surface area contributed by atoms with Gasteiger partial charge in [0.05, 0.1) is 18.4 Å². The first-order valence-electron chi connectivity index (χ1n) is 5.36. The number of halogens is 1. The second kappa shape index (κ2) is 5.22. The molecular formula is C12H11FN2O2S. The van der Waals surface area contributed by atoms with Gasteiger partial charge in [0.1, 0.15) is 16.4 Å². The minimum atomic E-state index is -0.602. The van der Waals surface area contributed by atoms with Crippen LogP contribution in [0.2, 0.25) is 0 Å². The first-order chi connectivity index (χ1) is 8.67. The number of aromatic nitrogens is 2. The van der Waals surface area contributed by atoms with Gasteiger partial charge in [0.25, 0.3) is 0 Å². The number of rotatable bonds is 4. The standard InChI is InChI=1S/C12H11FN2O2S/c1-3-10-12(18-15-14-10)11(16)8-5-4-7(17-2)6-9(8)13/h4-6H,3H2,1-2H3. The number of carbonyl (C=O) groups is 1. The van der Waals surface area contributed by atoms with E-state index in [2.05, 4.69) is 9.59 Å². The Balaban J connectivity index is 2.40. The number of ether oxygens (including phenoxy) is 1. The Kier molecular flexibility index (Phi) is 3.66. The lowest BCUT2D eigenvalue weighted by molar-refractivity contribution is 0.103. The molecule has 2 aromatic rings. The highest BCUT2D eigenvalue weighted by Crippen LogP contribution is 2.22. The van der Waals surface area contributed by atoms with Crippen molar-refractivity contribution in [2.45, 2.75) is 13.3 Å². The van der Waals surface area contributed by atoms with Gasteiger partial charge in [0.15, 0.2) is 0 Å². The Labute approximate surface area is 108 Å². The molecule has 0 unspecified atom stereocenters. The number of hydrogen-bond donors (Lipinski definition) is 0. The molecule has 0 amide bonds. The van der Waals surface area contributed by atoms with Crippen molar-refractivity contribution in [3.8, 4) is 5.75 Å². The molecule has 1 heterocycles. The SMILES string of the molecule is CCc1nnsc1C(=O)c1ccc(OC)cc1F. The highest BCUT2D eigenvalue weighted by molar-refractivity contribution is 7.08. The molecule has 0 atom stereocenters. The van der Waals surface area contributed by atoms with Crippen LogP contribution < -0.4 is 4.74 Å². The van der Waals surface area contributed by atoms with Crippen molar-refractivity contribution in [1.82, 2.24) is 9.59 Å². The second-order valence-corrected chi connectivity index (χ2v) is 4.33.